The van der Waals surface area contributed by atoms with Crippen LogP contribution in [0.2, 0.25) is 0 Å². The number of carbonyl (C=O) groups is 1. The number of para-hydroxylation sites is 1. The molecule has 6 heteroatoms. The largest absolute Gasteiger partial charge is 0.493 e. The van der Waals surface area contributed by atoms with E-state index in [1.165, 1.54) is 0 Å². The predicted molar refractivity (Wildman–Crippen MR) is 107 cm³/mol. The van der Waals surface area contributed by atoms with E-state index in [0.29, 0.717) is 31.1 Å². The van der Waals surface area contributed by atoms with Crippen LogP contribution in [0.1, 0.15) is 34.5 Å². The predicted octanol–water partition coefficient (Wildman–Crippen LogP) is 4.83. The molecule has 0 aliphatic carbocycles. The van der Waals surface area contributed by atoms with Crippen molar-refractivity contribution >= 4 is 16.8 Å². The van der Waals surface area contributed by atoms with Gasteiger partial charge in [0, 0.05) is 17.2 Å². The zero-order chi connectivity index (χ0) is 19.8. The van der Waals surface area contributed by atoms with Crippen LogP contribution in [0.15, 0.2) is 59.8 Å². The van der Waals surface area contributed by atoms with Gasteiger partial charge in [0.1, 0.15) is 5.75 Å². The standard InChI is InChI=1S/C22H22N2O4/c1-16-7-6-10-20(21(16)22(25)24-26)28-14-5-4-13-27-15-18-12-11-17-8-2-3-9-19(17)23-18/h2-3,6-12H,4-5,13-15H2,1H3. The van der Waals surface area contributed by atoms with Crippen molar-refractivity contribution in [1.82, 2.24) is 4.98 Å². The van der Waals surface area contributed by atoms with Crippen LogP contribution in [0.25, 0.3) is 10.9 Å². The van der Waals surface area contributed by atoms with Gasteiger partial charge in [0.25, 0.3) is 0 Å². The Bertz CT molecular complexity index is 972. The number of rotatable bonds is 9. The number of amides is 1. The van der Waals surface area contributed by atoms with Crippen LogP contribution in [0.5, 0.6) is 5.75 Å². The lowest BCUT2D eigenvalue weighted by Gasteiger charge is -2.11. The van der Waals surface area contributed by atoms with Crippen LogP contribution in [0.4, 0.5) is 0 Å². The van der Waals surface area contributed by atoms with Crippen molar-refractivity contribution in [2.75, 3.05) is 13.2 Å². The minimum Gasteiger partial charge on any atom is -0.493 e. The molecule has 0 bridgehead atoms. The summed E-state index contributed by atoms with van der Waals surface area (Å²) in [6, 6.07) is 17.2. The first-order chi connectivity index (χ1) is 13.7. The normalized spacial score (nSPS) is 10.8. The first-order valence-corrected chi connectivity index (χ1v) is 9.21. The van der Waals surface area contributed by atoms with Gasteiger partial charge in [-0.2, -0.15) is 0 Å². The van der Waals surface area contributed by atoms with E-state index in [2.05, 4.69) is 10.2 Å². The highest BCUT2D eigenvalue weighted by atomic mass is 16.5. The lowest BCUT2D eigenvalue weighted by Crippen LogP contribution is -2.06. The molecular weight excluding hydrogens is 356 g/mol. The molecular formula is C22H22N2O4. The van der Waals surface area contributed by atoms with E-state index in [-0.39, 0.29) is 5.56 Å². The molecule has 1 amide bonds. The van der Waals surface area contributed by atoms with E-state index >= 15 is 0 Å². The highest BCUT2D eigenvalue weighted by Crippen LogP contribution is 2.23. The molecule has 6 nitrogen and oxygen atoms in total. The Balaban J connectivity index is 1.40. The van der Waals surface area contributed by atoms with Crippen LogP contribution in [0.3, 0.4) is 0 Å². The molecule has 0 saturated heterocycles. The van der Waals surface area contributed by atoms with Crippen molar-refractivity contribution in [3.63, 3.8) is 0 Å². The molecule has 2 aromatic carbocycles. The van der Waals surface area contributed by atoms with E-state index in [0.717, 1.165) is 29.4 Å². The number of unbranched alkanes of at least 4 members (excludes halogenated alkanes) is 1. The summed E-state index contributed by atoms with van der Waals surface area (Å²) in [7, 11) is 0. The molecule has 0 saturated carbocycles. The number of hydrogen-bond donors (Lipinski definition) is 0. The van der Waals surface area contributed by atoms with Gasteiger partial charge in [-0.15, -0.1) is 4.91 Å². The third kappa shape index (κ3) is 4.98. The molecule has 3 rings (SSSR count). The highest BCUT2D eigenvalue weighted by molar-refractivity contribution is 5.98. The fourth-order valence-electron chi connectivity index (χ4n) is 2.93. The molecule has 28 heavy (non-hydrogen) atoms. The second kappa shape index (κ2) is 9.71. The van der Waals surface area contributed by atoms with Crippen LogP contribution < -0.4 is 4.74 Å². The number of carbonyl (C=O) groups excluding carboxylic acids is 1. The van der Waals surface area contributed by atoms with Gasteiger partial charge in [-0.3, -0.25) is 9.78 Å². The highest BCUT2D eigenvalue weighted by Gasteiger charge is 2.15. The topological polar surface area (TPSA) is 77.8 Å². The van der Waals surface area contributed by atoms with E-state index in [1.54, 1.807) is 25.1 Å². The molecule has 0 atom stereocenters. The minimum atomic E-state index is -0.806. The van der Waals surface area contributed by atoms with Gasteiger partial charge in [0.2, 0.25) is 0 Å². The summed E-state index contributed by atoms with van der Waals surface area (Å²) in [6.45, 7) is 3.24. The van der Waals surface area contributed by atoms with Gasteiger partial charge in [-0.05, 0) is 43.5 Å². The van der Waals surface area contributed by atoms with Crippen LogP contribution in [-0.2, 0) is 11.3 Å². The van der Waals surface area contributed by atoms with Gasteiger partial charge in [0.15, 0.2) is 0 Å². The van der Waals surface area contributed by atoms with Gasteiger partial charge in [-0.25, -0.2) is 0 Å². The summed E-state index contributed by atoms with van der Waals surface area (Å²) in [5.41, 5.74) is 2.77. The van der Waals surface area contributed by atoms with E-state index < -0.39 is 5.91 Å². The third-order valence-electron chi connectivity index (χ3n) is 4.38. The number of hydrogen-bond acceptors (Lipinski definition) is 5. The maximum Gasteiger partial charge on any atom is 0.320 e. The lowest BCUT2D eigenvalue weighted by molar-refractivity contribution is 0.0994. The summed E-state index contributed by atoms with van der Waals surface area (Å²) in [4.78, 5) is 26.8. The first-order valence-electron chi connectivity index (χ1n) is 9.21. The Hall–Kier alpha value is -3.12. The molecule has 0 unspecified atom stereocenters. The number of pyridine rings is 1. The van der Waals surface area contributed by atoms with Crippen LogP contribution in [0, 0.1) is 11.8 Å². The van der Waals surface area contributed by atoms with Crippen molar-refractivity contribution in [2.24, 2.45) is 5.18 Å². The fraction of sp³-hybridized carbons (Fsp3) is 0.273. The molecule has 3 aromatic rings. The van der Waals surface area contributed by atoms with Crippen molar-refractivity contribution < 1.29 is 14.3 Å². The third-order valence-corrected chi connectivity index (χ3v) is 4.38. The van der Waals surface area contributed by atoms with Gasteiger partial charge >= 0.3 is 5.91 Å². The first kappa shape index (κ1) is 19.6. The number of aromatic nitrogens is 1. The maximum absolute atomic E-state index is 11.7. The summed E-state index contributed by atoms with van der Waals surface area (Å²) in [5.74, 6) is -0.412. The Morgan fingerprint density at radius 1 is 1.00 bits per heavy atom. The Kier molecular flexibility index (Phi) is 6.81. The van der Waals surface area contributed by atoms with E-state index in [9.17, 15) is 9.70 Å². The molecule has 1 heterocycles. The minimum absolute atomic E-state index is 0.233. The second-order valence-electron chi connectivity index (χ2n) is 6.45. The van der Waals surface area contributed by atoms with Crippen molar-refractivity contribution in [2.45, 2.75) is 26.4 Å². The SMILES string of the molecule is Cc1cccc(OCCCCOCc2ccc3ccccc3n2)c1C(=O)N=O. The summed E-state index contributed by atoms with van der Waals surface area (Å²) in [6.07, 6.45) is 1.58. The van der Waals surface area contributed by atoms with Crippen molar-refractivity contribution in [1.29, 1.82) is 0 Å². The number of nitroso groups, excluding NO2 is 1. The quantitative estimate of drug-likeness (QED) is 0.394. The summed E-state index contributed by atoms with van der Waals surface area (Å²) < 4.78 is 11.4. The average Bonchev–Trinajstić information content (AvgIpc) is 2.72. The Morgan fingerprint density at radius 2 is 1.82 bits per heavy atom. The molecule has 0 aliphatic rings. The monoisotopic (exact) mass is 378 g/mol. The van der Waals surface area contributed by atoms with Crippen LogP contribution >= 0.6 is 0 Å². The average molecular weight is 378 g/mol. The van der Waals surface area contributed by atoms with Gasteiger partial charge < -0.3 is 9.47 Å². The molecule has 144 valence electrons. The van der Waals surface area contributed by atoms with Crippen molar-refractivity contribution in [3.8, 4) is 5.75 Å². The van der Waals surface area contributed by atoms with E-state index in [1.807, 2.05) is 36.4 Å². The van der Waals surface area contributed by atoms with E-state index in [4.69, 9.17) is 9.47 Å². The number of fused-ring (bicyclic) bond motifs is 1. The van der Waals surface area contributed by atoms with Crippen molar-refractivity contribution in [3.05, 3.63) is 76.3 Å². The molecule has 0 spiro atoms. The molecule has 0 fully saturated rings. The Morgan fingerprint density at radius 3 is 2.68 bits per heavy atom. The van der Waals surface area contributed by atoms with Crippen LogP contribution in [-0.4, -0.2) is 24.1 Å². The smallest absolute Gasteiger partial charge is 0.320 e. The number of benzene rings is 2. The summed E-state index contributed by atoms with van der Waals surface area (Å²) in [5, 5.41) is 3.61. The zero-order valence-corrected chi connectivity index (χ0v) is 15.8. The molecule has 0 aliphatic heterocycles. The van der Waals surface area contributed by atoms with Gasteiger partial charge in [-0.1, -0.05) is 36.4 Å². The fourth-order valence-corrected chi connectivity index (χ4v) is 2.93. The molecule has 0 radical (unpaired) electrons. The Labute approximate surface area is 163 Å². The number of nitrogens with zero attached hydrogens (tertiary/aromatic N) is 2. The van der Waals surface area contributed by atoms with Gasteiger partial charge in [0.05, 0.1) is 30.0 Å². The molecule has 0 N–H and O–H groups in total. The maximum atomic E-state index is 11.7. The number of ether oxygens (including phenoxy) is 2. The zero-order valence-electron chi connectivity index (χ0n) is 15.8. The second-order valence-corrected chi connectivity index (χ2v) is 6.45. The lowest BCUT2D eigenvalue weighted by atomic mass is 10.1. The number of aryl methyl sites for hydroxylation is 1. The summed E-state index contributed by atoms with van der Waals surface area (Å²) >= 11 is 0. The molecule has 1 aromatic heterocycles.